The molecule has 6 rings (SSSR count). The van der Waals surface area contributed by atoms with Gasteiger partial charge in [-0.3, -0.25) is 33.8 Å². The van der Waals surface area contributed by atoms with Crippen molar-refractivity contribution in [3.05, 3.63) is 108 Å². The van der Waals surface area contributed by atoms with E-state index in [0.29, 0.717) is 17.0 Å². The molecule has 3 aliphatic heterocycles. The highest BCUT2D eigenvalue weighted by Crippen LogP contribution is 2.46. The Morgan fingerprint density at radius 2 is 1.69 bits per heavy atom. The largest absolute Gasteiger partial charge is 0.477 e. The number of carboxylic acids is 1. The van der Waals surface area contributed by atoms with Gasteiger partial charge >= 0.3 is 23.8 Å². The molecule has 286 valence electrons. The van der Waals surface area contributed by atoms with Gasteiger partial charge in [0.15, 0.2) is 0 Å². The van der Waals surface area contributed by atoms with Gasteiger partial charge in [0, 0.05) is 48.2 Å². The van der Waals surface area contributed by atoms with Gasteiger partial charge in [0.1, 0.15) is 17.1 Å². The molecular weight excluding hydrogens is 749 g/mol. The summed E-state index contributed by atoms with van der Waals surface area (Å²) in [4.78, 5) is 95.1. The molecule has 0 radical (unpaired) electrons. The van der Waals surface area contributed by atoms with Crippen LogP contribution in [0, 0.1) is 0 Å². The zero-order valence-corrected chi connectivity index (χ0v) is 31.5. The van der Waals surface area contributed by atoms with Crippen LogP contribution in [0.1, 0.15) is 24.1 Å². The number of β-lactam (4-membered cyclic amide) rings is 1. The number of pyridine rings is 1. The molecule has 0 aliphatic carbocycles. The molecule has 2 saturated heterocycles. The van der Waals surface area contributed by atoms with Gasteiger partial charge in [0.2, 0.25) is 30.4 Å². The number of nitrogens with one attached hydrogen (secondary N) is 3. The number of amides is 7. The van der Waals surface area contributed by atoms with Crippen molar-refractivity contribution in [1.82, 2.24) is 30.7 Å². The summed E-state index contributed by atoms with van der Waals surface area (Å²) in [5.74, 6) is -4.63. The van der Waals surface area contributed by atoms with E-state index < -0.39 is 52.7 Å². The summed E-state index contributed by atoms with van der Waals surface area (Å²) in [6, 6.07) is 19.4. The predicted molar refractivity (Wildman–Crippen MR) is 201 cm³/mol. The minimum Gasteiger partial charge on any atom is -0.477 e. The number of nitrogens with zero attached hydrogens (tertiary/aromatic N) is 5. The van der Waals surface area contributed by atoms with Crippen LogP contribution in [0.25, 0.3) is 0 Å². The SMILES string of the molecule is CCN1CCN(C(=O)N[C@@H](C(=O)N[C@]2(NC=O)C(=O)N3C(C(=O)O)=C(CSc4cc[n+](N(C)Cc5ccccc5)cc4)CS[C@@H]32)c2ccccc2)C(=O)C1=O. The highest BCUT2D eigenvalue weighted by Gasteiger charge is 2.66. The molecule has 55 heavy (non-hydrogen) atoms. The van der Waals surface area contributed by atoms with E-state index in [0.717, 1.165) is 15.4 Å². The Kier molecular flexibility index (Phi) is 11.8. The molecule has 1 aromatic heterocycles. The highest BCUT2D eigenvalue weighted by molar-refractivity contribution is 8.01. The van der Waals surface area contributed by atoms with Gasteiger partial charge in [-0.15, -0.1) is 23.5 Å². The molecule has 3 aromatic rings. The van der Waals surface area contributed by atoms with E-state index in [1.807, 2.05) is 71.6 Å². The summed E-state index contributed by atoms with van der Waals surface area (Å²) in [5.41, 5.74) is -0.388. The first-order valence-corrected chi connectivity index (χ1v) is 19.3. The van der Waals surface area contributed by atoms with Crippen molar-refractivity contribution in [2.75, 3.05) is 43.2 Å². The van der Waals surface area contributed by atoms with Crippen molar-refractivity contribution in [3.8, 4) is 0 Å². The Hall–Kier alpha value is -5.88. The van der Waals surface area contributed by atoms with Crippen LogP contribution < -0.4 is 25.6 Å². The lowest BCUT2D eigenvalue weighted by Gasteiger charge is -2.56. The molecule has 4 heterocycles. The minimum absolute atomic E-state index is 0.0997. The maximum Gasteiger partial charge on any atom is 0.352 e. The van der Waals surface area contributed by atoms with E-state index in [2.05, 4.69) is 16.0 Å². The number of hydrogen-bond acceptors (Lipinski definition) is 10. The lowest BCUT2D eigenvalue weighted by atomic mass is 9.94. The Morgan fingerprint density at radius 3 is 2.33 bits per heavy atom. The smallest absolute Gasteiger partial charge is 0.352 e. The number of likely N-dealkylation sites (N-methyl/N-ethyl adjacent to an activating group) is 1. The van der Waals surface area contributed by atoms with Gasteiger partial charge in [0.05, 0.1) is 13.6 Å². The molecule has 18 heteroatoms. The van der Waals surface area contributed by atoms with E-state index in [9.17, 15) is 38.7 Å². The summed E-state index contributed by atoms with van der Waals surface area (Å²) in [6.45, 7) is 2.69. The topological polar surface area (TPSA) is 193 Å². The number of piperazine rings is 1. The van der Waals surface area contributed by atoms with Gasteiger partial charge < -0.3 is 26.0 Å². The van der Waals surface area contributed by atoms with Crippen LogP contribution >= 0.6 is 23.5 Å². The Balaban J connectivity index is 1.17. The van der Waals surface area contributed by atoms with E-state index >= 15 is 0 Å². The van der Waals surface area contributed by atoms with Crippen LogP contribution in [0.4, 0.5) is 4.79 Å². The number of aliphatic carboxylic acids is 1. The molecule has 0 bridgehead atoms. The fraction of sp³-hybridized carbons (Fsp3) is 0.297. The minimum atomic E-state index is -2.06. The molecule has 7 amide bonds. The third-order valence-corrected chi connectivity index (χ3v) is 11.9. The fourth-order valence-electron chi connectivity index (χ4n) is 6.52. The van der Waals surface area contributed by atoms with Gasteiger partial charge in [0.25, 0.3) is 5.91 Å². The third kappa shape index (κ3) is 7.86. The number of fused-ring (bicyclic) bond motifs is 1. The second kappa shape index (κ2) is 16.6. The Bertz CT molecular complexity index is 2020. The molecule has 3 aliphatic rings. The van der Waals surface area contributed by atoms with Crippen LogP contribution in [-0.4, -0.2) is 111 Å². The molecule has 0 unspecified atom stereocenters. The first kappa shape index (κ1) is 38.8. The zero-order valence-electron chi connectivity index (χ0n) is 29.9. The van der Waals surface area contributed by atoms with Crippen molar-refractivity contribution >= 4 is 65.6 Å². The number of rotatable bonds is 14. The Labute approximate surface area is 324 Å². The summed E-state index contributed by atoms with van der Waals surface area (Å²) in [5, 5.41) is 18.8. The lowest BCUT2D eigenvalue weighted by molar-refractivity contribution is -0.692. The van der Waals surface area contributed by atoms with Crippen LogP contribution in [0.5, 0.6) is 0 Å². The number of benzene rings is 2. The molecule has 0 spiro atoms. The summed E-state index contributed by atoms with van der Waals surface area (Å²) in [6.07, 6.45) is 4.04. The van der Waals surface area contributed by atoms with Crippen molar-refractivity contribution < 1.29 is 43.3 Å². The number of thioether (sulfide) groups is 2. The van der Waals surface area contributed by atoms with Gasteiger partial charge in [-0.25, -0.2) is 9.59 Å². The zero-order chi connectivity index (χ0) is 39.3. The van der Waals surface area contributed by atoms with Crippen LogP contribution in [-0.2, 0) is 35.3 Å². The second-order valence-corrected chi connectivity index (χ2v) is 14.9. The standard InChI is InChI=1S/C37H38N8O8S2/c1-3-42-18-19-44(32(49)31(42)48)36(53)39-28(25-12-8-5-9-13-25)30(47)40-37(38-23-46)34(52)45-29(33(50)51)26(22-55-35(37)45)21-54-27-14-16-43(17-15-27)41(2)20-24-10-6-4-7-11-24/h4-17,23,28,35H,3,18-22H2,1-2H3,(H3-,38,39,40,46,47,50,51,53)/p+1/t28-,35-,37-/m1/s1. The summed E-state index contributed by atoms with van der Waals surface area (Å²) < 4.78 is 1.94. The first-order valence-electron chi connectivity index (χ1n) is 17.3. The first-order chi connectivity index (χ1) is 26.5. The van der Waals surface area contributed by atoms with E-state index in [-0.39, 0.29) is 48.8 Å². The summed E-state index contributed by atoms with van der Waals surface area (Å²) >= 11 is 2.57. The highest BCUT2D eigenvalue weighted by atomic mass is 32.2. The van der Waals surface area contributed by atoms with Gasteiger partial charge in [-0.05, 0) is 23.6 Å². The predicted octanol–water partition coefficient (Wildman–Crippen LogP) is 0.788. The molecule has 16 nitrogen and oxygen atoms in total. The lowest BCUT2D eigenvalue weighted by Crippen LogP contribution is -2.85. The maximum absolute atomic E-state index is 14.0. The summed E-state index contributed by atoms with van der Waals surface area (Å²) in [7, 11) is 1.96. The molecule has 2 fully saturated rings. The van der Waals surface area contributed by atoms with Crippen LogP contribution in [0.3, 0.4) is 0 Å². The van der Waals surface area contributed by atoms with Crippen molar-refractivity contribution in [1.29, 1.82) is 0 Å². The normalized spacial score (nSPS) is 19.9. The number of imide groups is 1. The monoisotopic (exact) mass is 787 g/mol. The number of urea groups is 1. The van der Waals surface area contributed by atoms with Crippen molar-refractivity contribution in [2.24, 2.45) is 0 Å². The fourth-order valence-corrected chi connectivity index (χ4v) is 8.97. The van der Waals surface area contributed by atoms with Crippen LogP contribution in [0.2, 0.25) is 0 Å². The molecule has 0 saturated carbocycles. The number of carbonyl (C=O) groups excluding carboxylic acids is 6. The maximum atomic E-state index is 14.0. The van der Waals surface area contributed by atoms with E-state index in [1.54, 1.807) is 37.3 Å². The molecule has 2 aromatic carbocycles. The number of aromatic nitrogens is 1. The Morgan fingerprint density at radius 1 is 1.02 bits per heavy atom. The quantitative estimate of drug-likeness (QED) is 0.0451. The average Bonchev–Trinajstić information content (AvgIpc) is 3.20. The van der Waals surface area contributed by atoms with E-state index in [1.165, 1.54) is 28.4 Å². The molecular formula is C37H39N8O8S2+. The van der Waals surface area contributed by atoms with Crippen LogP contribution in [0.15, 0.2) is 101 Å². The van der Waals surface area contributed by atoms with Crippen molar-refractivity contribution in [2.45, 2.75) is 35.4 Å². The number of hydrogen-bond donors (Lipinski definition) is 4. The van der Waals surface area contributed by atoms with E-state index in [4.69, 9.17) is 0 Å². The van der Waals surface area contributed by atoms with Crippen molar-refractivity contribution in [3.63, 3.8) is 0 Å². The number of carbonyl (C=O) groups is 7. The van der Waals surface area contributed by atoms with Gasteiger partial charge in [-0.1, -0.05) is 65.3 Å². The second-order valence-electron chi connectivity index (χ2n) is 12.8. The third-order valence-electron chi connectivity index (χ3n) is 9.41. The number of carboxylic acid groups (broad SMARTS) is 1. The average molecular weight is 788 g/mol. The van der Waals surface area contributed by atoms with Gasteiger partial charge in [-0.2, -0.15) is 5.01 Å². The molecule has 4 N–H and O–H groups in total. The molecule has 3 atom stereocenters.